The van der Waals surface area contributed by atoms with Crippen LogP contribution in [0, 0.1) is 11.3 Å². The maximum Gasteiger partial charge on any atom is 0.410 e. The number of nitrogens with zero attached hydrogens (tertiary/aromatic N) is 6. The molecule has 6 rings (SSSR count). The zero-order valence-electron chi connectivity index (χ0n) is 32.1. The normalized spacial score (nSPS) is 20.0. The van der Waals surface area contributed by atoms with Crippen molar-refractivity contribution in [1.82, 2.24) is 20.2 Å². The fourth-order valence-electron chi connectivity index (χ4n) is 7.37. The zero-order valence-corrected chi connectivity index (χ0v) is 32.1. The van der Waals surface area contributed by atoms with E-state index in [-0.39, 0.29) is 37.8 Å². The van der Waals surface area contributed by atoms with Crippen LogP contribution < -0.4 is 19.9 Å². The number of rotatable bonds is 16. The molecule has 15 heteroatoms. The minimum absolute atomic E-state index is 0.0595. The maximum atomic E-state index is 13.2. The summed E-state index contributed by atoms with van der Waals surface area (Å²) in [4.78, 5) is 39.9. The highest BCUT2D eigenvalue weighted by molar-refractivity contribution is 5.94. The number of benzene rings is 2. The third kappa shape index (κ3) is 10.9. The zero-order chi connectivity index (χ0) is 38.8. The van der Waals surface area contributed by atoms with Gasteiger partial charge >= 0.3 is 18.1 Å². The summed E-state index contributed by atoms with van der Waals surface area (Å²) in [5, 5.41) is 24.3. The Balaban J connectivity index is 1.11. The third-order valence-electron chi connectivity index (χ3n) is 9.93. The monoisotopic (exact) mass is 759 g/mol. The molecule has 2 saturated heterocycles. The molecule has 15 nitrogen and oxygen atoms in total. The third-order valence-corrected chi connectivity index (χ3v) is 9.93. The summed E-state index contributed by atoms with van der Waals surface area (Å²) in [7, 11) is 0. The van der Waals surface area contributed by atoms with Gasteiger partial charge in [-0.25, -0.2) is 9.59 Å². The topological polar surface area (TPSA) is 172 Å². The number of anilines is 2. The molecule has 2 aromatic carbocycles. The number of hydrogen-bond donors (Lipinski definition) is 2. The van der Waals surface area contributed by atoms with Crippen molar-refractivity contribution in [1.29, 1.82) is 5.26 Å². The van der Waals surface area contributed by atoms with Gasteiger partial charge in [-0.2, -0.15) is 15.2 Å². The van der Waals surface area contributed by atoms with E-state index in [9.17, 15) is 14.9 Å². The lowest BCUT2D eigenvalue weighted by molar-refractivity contribution is -0.142. The Bertz CT molecular complexity index is 1810. The minimum Gasteiger partial charge on any atom is -0.480 e. The highest BCUT2D eigenvalue weighted by atomic mass is 16.6. The van der Waals surface area contributed by atoms with Crippen molar-refractivity contribution in [2.24, 2.45) is 0 Å². The average molecular weight is 760 g/mol. The number of nitrogens with one attached hydrogen (secondary N) is 1. The number of nitriles is 1. The Hall–Kier alpha value is -4.75. The molecule has 0 saturated carbocycles. The van der Waals surface area contributed by atoms with Crippen LogP contribution in [0.4, 0.5) is 16.3 Å². The predicted molar refractivity (Wildman–Crippen MR) is 205 cm³/mol. The first-order chi connectivity index (χ1) is 26.6. The molecule has 3 aliphatic heterocycles. The first-order valence-electron chi connectivity index (χ1n) is 19.2. The number of ether oxygens (including phenoxy) is 5. The summed E-state index contributed by atoms with van der Waals surface area (Å²) in [6.45, 7) is 10.5. The molecule has 1 amide bonds. The highest BCUT2D eigenvalue weighted by Gasteiger charge is 2.36. The molecule has 3 aliphatic rings. The summed E-state index contributed by atoms with van der Waals surface area (Å²) < 4.78 is 28.4. The van der Waals surface area contributed by atoms with E-state index in [1.54, 1.807) is 4.90 Å². The van der Waals surface area contributed by atoms with Crippen LogP contribution in [-0.4, -0.2) is 128 Å². The Kier molecular flexibility index (Phi) is 13.6. The van der Waals surface area contributed by atoms with Gasteiger partial charge in [0, 0.05) is 55.4 Å². The summed E-state index contributed by atoms with van der Waals surface area (Å²) in [6, 6.07) is 17.2. The number of carboxylic acid groups (broad SMARTS) is 1. The largest absolute Gasteiger partial charge is 0.480 e. The first-order valence-corrected chi connectivity index (χ1v) is 19.2. The van der Waals surface area contributed by atoms with Gasteiger partial charge in [0.25, 0.3) is 0 Å². The predicted octanol–water partition coefficient (Wildman–Crippen LogP) is 4.17. The molecule has 3 aromatic rings. The van der Waals surface area contributed by atoms with E-state index < -0.39 is 17.7 Å². The smallest absolute Gasteiger partial charge is 0.410 e. The van der Waals surface area contributed by atoms with Gasteiger partial charge in [-0.3, -0.25) is 0 Å². The quantitative estimate of drug-likeness (QED) is 0.200. The number of carboxylic acids is 1. The number of carbonyl (C=O) groups excluding carboxylic acids is 1. The number of carbonyl (C=O) groups is 2. The van der Waals surface area contributed by atoms with E-state index in [4.69, 9.17) is 38.8 Å². The van der Waals surface area contributed by atoms with Crippen molar-refractivity contribution < 1.29 is 38.4 Å². The number of aliphatic carboxylic acids is 1. The molecule has 1 aromatic heterocycles. The first kappa shape index (κ1) is 39.9. The maximum absolute atomic E-state index is 13.2. The molecule has 4 heterocycles. The van der Waals surface area contributed by atoms with Crippen LogP contribution in [0.2, 0.25) is 0 Å². The van der Waals surface area contributed by atoms with Crippen LogP contribution in [0.5, 0.6) is 6.01 Å². The lowest BCUT2D eigenvalue weighted by Crippen LogP contribution is -2.56. The van der Waals surface area contributed by atoms with Crippen molar-refractivity contribution in [2.75, 3.05) is 82.2 Å². The SMILES string of the molecule is CC(C)(C)OC(=O)N1CCN(c2nc(OCC[C@H]3C[C@@H](OCCOCCOCC(=O)O)CN3)nc3c2CCN(c2cccc4ccccc24)C3)C[C@@H]1CC#N. The van der Waals surface area contributed by atoms with Gasteiger partial charge in [-0.15, -0.1) is 0 Å². The number of fused-ring (bicyclic) bond motifs is 2. The average Bonchev–Trinajstić information content (AvgIpc) is 3.61. The molecular weight excluding hydrogens is 706 g/mol. The number of aromatic nitrogens is 2. The van der Waals surface area contributed by atoms with E-state index in [1.165, 1.54) is 10.8 Å². The van der Waals surface area contributed by atoms with Crippen molar-refractivity contribution >= 4 is 34.3 Å². The van der Waals surface area contributed by atoms with Crippen molar-refractivity contribution in [3.05, 3.63) is 53.7 Å². The molecule has 0 bridgehead atoms. The van der Waals surface area contributed by atoms with Crippen molar-refractivity contribution in [3.63, 3.8) is 0 Å². The molecular formula is C40H53N7O8. The lowest BCUT2D eigenvalue weighted by atomic mass is 10.0. The van der Waals surface area contributed by atoms with Crippen LogP contribution in [-0.2, 0) is 36.7 Å². The second-order valence-corrected chi connectivity index (χ2v) is 15.1. The Morgan fingerprint density at radius 1 is 0.982 bits per heavy atom. The van der Waals surface area contributed by atoms with Gasteiger partial charge < -0.3 is 48.8 Å². The molecule has 0 unspecified atom stereocenters. The number of amides is 1. The highest BCUT2D eigenvalue weighted by Crippen LogP contribution is 2.35. The van der Waals surface area contributed by atoms with Crippen LogP contribution in [0.1, 0.15) is 51.3 Å². The van der Waals surface area contributed by atoms with E-state index in [0.717, 1.165) is 55.1 Å². The standard InChI is InChI=1S/C40H53N7O8/c1-40(2,3)55-39(50)47-17-16-46(25-30(47)11-14-41)37-33-12-15-45(35-10-6-8-28-7-4-5-9-32(28)35)26-34(33)43-38(44-37)54-18-13-29-23-31(24-42-29)53-22-21-51-19-20-52-27-36(48)49/h4-10,29-31,42H,11-13,15-27H2,1-3H3,(H,48,49)/t29-,30-,31+/m0/s1. The molecule has 0 radical (unpaired) electrons. The van der Waals surface area contributed by atoms with E-state index in [0.29, 0.717) is 58.6 Å². The minimum atomic E-state index is -1.00. The second-order valence-electron chi connectivity index (χ2n) is 15.1. The summed E-state index contributed by atoms with van der Waals surface area (Å²) >= 11 is 0. The second kappa shape index (κ2) is 18.7. The lowest BCUT2D eigenvalue weighted by Gasteiger charge is -2.42. The fraction of sp³-hybridized carbons (Fsp3) is 0.575. The van der Waals surface area contributed by atoms with Crippen LogP contribution in [0.3, 0.4) is 0 Å². The van der Waals surface area contributed by atoms with Gasteiger partial charge in [0.1, 0.15) is 18.0 Å². The van der Waals surface area contributed by atoms with E-state index in [1.807, 2.05) is 20.8 Å². The van der Waals surface area contributed by atoms with Gasteiger partial charge in [0.05, 0.1) is 69.9 Å². The molecule has 0 aliphatic carbocycles. The molecule has 3 atom stereocenters. The summed E-state index contributed by atoms with van der Waals surface area (Å²) in [5.74, 6) is -0.202. The Morgan fingerprint density at radius 2 is 1.78 bits per heavy atom. The van der Waals surface area contributed by atoms with Gasteiger partial charge in [-0.05, 0) is 51.5 Å². The Labute approximate surface area is 322 Å². The molecule has 2 fully saturated rings. The Morgan fingerprint density at radius 3 is 2.60 bits per heavy atom. The van der Waals surface area contributed by atoms with Crippen molar-refractivity contribution in [2.45, 2.75) is 76.8 Å². The van der Waals surface area contributed by atoms with E-state index >= 15 is 0 Å². The van der Waals surface area contributed by atoms with Crippen LogP contribution in [0.15, 0.2) is 42.5 Å². The fourth-order valence-corrected chi connectivity index (χ4v) is 7.37. The number of hydrogen-bond acceptors (Lipinski definition) is 13. The number of piperazine rings is 1. The van der Waals surface area contributed by atoms with Crippen molar-refractivity contribution in [3.8, 4) is 12.1 Å². The summed E-state index contributed by atoms with van der Waals surface area (Å²) in [5.41, 5.74) is 2.50. The molecule has 296 valence electrons. The van der Waals surface area contributed by atoms with Gasteiger partial charge in [-0.1, -0.05) is 36.4 Å². The van der Waals surface area contributed by atoms with Gasteiger partial charge in [0.2, 0.25) is 0 Å². The molecule has 55 heavy (non-hydrogen) atoms. The molecule has 2 N–H and O–H groups in total. The van der Waals surface area contributed by atoms with Crippen LogP contribution in [0.25, 0.3) is 10.8 Å². The van der Waals surface area contributed by atoms with Gasteiger partial charge in [0.15, 0.2) is 0 Å². The van der Waals surface area contributed by atoms with E-state index in [2.05, 4.69) is 63.7 Å². The molecule has 0 spiro atoms. The van der Waals surface area contributed by atoms with Crippen LogP contribution >= 0.6 is 0 Å². The summed E-state index contributed by atoms with van der Waals surface area (Å²) in [6.07, 6.45) is 2.15.